The Hall–Kier alpha value is -0.830. The lowest BCUT2D eigenvalue weighted by atomic mass is 9.94. The molecule has 0 atom stereocenters. The summed E-state index contributed by atoms with van der Waals surface area (Å²) in [7, 11) is 0. The maximum absolute atomic E-state index is 11.7. The van der Waals surface area contributed by atoms with Gasteiger partial charge in [-0.1, -0.05) is 25.0 Å². The van der Waals surface area contributed by atoms with Gasteiger partial charge in [0.05, 0.1) is 0 Å². The summed E-state index contributed by atoms with van der Waals surface area (Å²) in [4.78, 5) is 11.7. The minimum Gasteiger partial charge on any atom is -0.353 e. The van der Waals surface area contributed by atoms with Crippen molar-refractivity contribution < 1.29 is 4.79 Å². The fourth-order valence-electron chi connectivity index (χ4n) is 2.59. The van der Waals surface area contributed by atoms with E-state index in [1.54, 1.807) is 0 Å². The van der Waals surface area contributed by atoms with Gasteiger partial charge in [0.25, 0.3) is 0 Å². The molecule has 3 N–H and O–H groups in total. The van der Waals surface area contributed by atoms with Crippen molar-refractivity contribution in [2.75, 3.05) is 0 Å². The fraction of sp³-hybridized carbons (Fsp3) is 0.750. The van der Waals surface area contributed by atoms with Crippen molar-refractivity contribution >= 4 is 5.91 Å². The van der Waals surface area contributed by atoms with E-state index in [0.29, 0.717) is 12.5 Å². The highest BCUT2D eigenvalue weighted by Gasteiger charge is 2.32. The van der Waals surface area contributed by atoms with Gasteiger partial charge in [0.15, 0.2) is 0 Å². The SMILES string of the molecule is NC1(CC(=O)NC2CC=CC2)CCCC1. The summed E-state index contributed by atoms with van der Waals surface area (Å²) < 4.78 is 0. The van der Waals surface area contributed by atoms with Gasteiger partial charge in [-0.25, -0.2) is 0 Å². The molecule has 2 rings (SSSR count). The highest BCUT2D eigenvalue weighted by Crippen LogP contribution is 2.30. The van der Waals surface area contributed by atoms with E-state index in [-0.39, 0.29) is 11.4 Å². The molecule has 84 valence electrons. The van der Waals surface area contributed by atoms with E-state index in [9.17, 15) is 4.79 Å². The van der Waals surface area contributed by atoms with Crippen LogP contribution in [-0.2, 0) is 4.79 Å². The summed E-state index contributed by atoms with van der Waals surface area (Å²) in [5.41, 5.74) is 5.95. The van der Waals surface area contributed by atoms with E-state index in [1.165, 1.54) is 12.8 Å². The van der Waals surface area contributed by atoms with E-state index in [1.807, 2.05) is 0 Å². The van der Waals surface area contributed by atoms with Crippen LogP contribution < -0.4 is 11.1 Å². The maximum atomic E-state index is 11.7. The Morgan fingerprint density at radius 3 is 2.53 bits per heavy atom. The van der Waals surface area contributed by atoms with Crippen LogP contribution in [0.5, 0.6) is 0 Å². The number of nitrogens with one attached hydrogen (secondary N) is 1. The van der Waals surface area contributed by atoms with Gasteiger partial charge in [-0.3, -0.25) is 4.79 Å². The second-order valence-corrected chi connectivity index (χ2v) is 4.95. The third-order valence-electron chi connectivity index (χ3n) is 3.48. The summed E-state index contributed by atoms with van der Waals surface area (Å²) in [6.07, 6.45) is 11.1. The molecule has 0 spiro atoms. The first kappa shape index (κ1) is 10.7. The number of amides is 1. The highest BCUT2D eigenvalue weighted by molar-refractivity contribution is 5.77. The Morgan fingerprint density at radius 2 is 1.93 bits per heavy atom. The molecule has 1 fully saturated rings. The minimum absolute atomic E-state index is 0.133. The third-order valence-corrected chi connectivity index (χ3v) is 3.48. The van der Waals surface area contributed by atoms with Crippen LogP contribution in [0.3, 0.4) is 0 Å². The molecule has 0 bridgehead atoms. The molecule has 3 nitrogen and oxygen atoms in total. The van der Waals surface area contributed by atoms with Crippen molar-refractivity contribution in [1.29, 1.82) is 0 Å². The Morgan fingerprint density at radius 1 is 1.33 bits per heavy atom. The molecule has 3 heteroatoms. The van der Waals surface area contributed by atoms with E-state index in [2.05, 4.69) is 17.5 Å². The molecule has 0 saturated heterocycles. The van der Waals surface area contributed by atoms with Crippen LogP contribution in [0.2, 0.25) is 0 Å². The van der Waals surface area contributed by atoms with Crippen LogP contribution in [0.25, 0.3) is 0 Å². The number of carbonyl (C=O) groups is 1. The molecule has 0 unspecified atom stereocenters. The monoisotopic (exact) mass is 208 g/mol. The summed E-state index contributed by atoms with van der Waals surface area (Å²) in [5, 5.41) is 3.05. The van der Waals surface area contributed by atoms with Crippen LogP contribution in [0.15, 0.2) is 12.2 Å². The van der Waals surface area contributed by atoms with Gasteiger partial charge in [-0.15, -0.1) is 0 Å². The number of hydrogen-bond acceptors (Lipinski definition) is 2. The van der Waals surface area contributed by atoms with Gasteiger partial charge in [0.1, 0.15) is 0 Å². The Bertz CT molecular complexity index is 259. The first-order valence-electron chi connectivity index (χ1n) is 5.91. The molecule has 0 heterocycles. The van der Waals surface area contributed by atoms with Crippen molar-refractivity contribution in [2.24, 2.45) is 5.73 Å². The smallest absolute Gasteiger partial charge is 0.222 e. The predicted molar refractivity (Wildman–Crippen MR) is 60.3 cm³/mol. The molecule has 1 amide bonds. The lowest BCUT2D eigenvalue weighted by molar-refractivity contribution is -0.122. The fourth-order valence-corrected chi connectivity index (χ4v) is 2.59. The second-order valence-electron chi connectivity index (χ2n) is 4.95. The quantitative estimate of drug-likeness (QED) is 0.690. The van der Waals surface area contributed by atoms with Gasteiger partial charge in [0, 0.05) is 18.0 Å². The van der Waals surface area contributed by atoms with Gasteiger partial charge in [0.2, 0.25) is 5.91 Å². The molecule has 0 aromatic heterocycles. The lowest BCUT2D eigenvalue weighted by Gasteiger charge is -2.23. The highest BCUT2D eigenvalue weighted by atomic mass is 16.1. The number of hydrogen-bond donors (Lipinski definition) is 2. The average Bonchev–Trinajstić information content (AvgIpc) is 2.76. The molecule has 0 radical (unpaired) electrons. The van der Waals surface area contributed by atoms with Crippen molar-refractivity contribution in [1.82, 2.24) is 5.32 Å². The van der Waals surface area contributed by atoms with Crippen molar-refractivity contribution in [3.63, 3.8) is 0 Å². The normalized spacial score (nSPS) is 24.6. The van der Waals surface area contributed by atoms with Crippen LogP contribution in [0, 0.1) is 0 Å². The van der Waals surface area contributed by atoms with E-state index in [4.69, 9.17) is 5.73 Å². The minimum atomic E-state index is -0.212. The molecule has 2 aliphatic rings. The standard InChI is InChI=1S/C12H20N2O/c13-12(7-3-4-8-12)9-11(15)14-10-5-1-2-6-10/h1-2,10H,3-9,13H2,(H,14,15). The molecule has 1 saturated carbocycles. The molecular weight excluding hydrogens is 188 g/mol. The second kappa shape index (κ2) is 4.35. The summed E-state index contributed by atoms with van der Waals surface area (Å²) in [6.45, 7) is 0. The molecule has 0 aromatic rings. The topological polar surface area (TPSA) is 55.1 Å². The van der Waals surface area contributed by atoms with Crippen LogP contribution in [0.4, 0.5) is 0 Å². The van der Waals surface area contributed by atoms with Crippen molar-refractivity contribution in [2.45, 2.75) is 56.5 Å². The van der Waals surface area contributed by atoms with Gasteiger partial charge in [-0.05, 0) is 25.7 Å². The van der Waals surface area contributed by atoms with Crippen molar-refractivity contribution in [3.8, 4) is 0 Å². The molecule has 2 aliphatic carbocycles. The zero-order valence-electron chi connectivity index (χ0n) is 9.17. The summed E-state index contributed by atoms with van der Waals surface area (Å²) in [5.74, 6) is 0.133. The van der Waals surface area contributed by atoms with Crippen LogP contribution in [-0.4, -0.2) is 17.5 Å². The number of rotatable bonds is 3. The van der Waals surface area contributed by atoms with Gasteiger partial charge >= 0.3 is 0 Å². The van der Waals surface area contributed by atoms with E-state index >= 15 is 0 Å². The van der Waals surface area contributed by atoms with E-state index < -0.39 is 0 Å². The van der Waals surface area contributed by atoms with Crippen LogP contribution >= 0.6 is 0 Å². The van der Waals surface area contributed by atoms with Crippen molar-refractivity contribution in [3.05, 3.63) is 12.2 Å². The van der Waals surface area contributed by atoms with Crippen LogP contribution in [0.1, 0.15) is 44.9 Å². The van der Waals surface area contributed by atoms with E-state index in [0.717, 1.165) is 25.7 Å². The zero-order valence-corrected chi connectivity index (χ0v) is 9.17. The summed E-state index contributed by atoms with van der Waals surface area (Å²) in [6, 6.07) is 0.322. The average molecular weight is 208 g/mol. The largest absolute Gasteiger partial charge is 0.353 e. The predicted octanol–water partition coefficient (Wildman–Crippen LogP) is 1.48. The molecular formula is C12H20N2O. The first-order chi connectivity index (χ1) is 7.18. The molecule has 15 heavy (non-hydrogen) atoms. The molecule has 0 aromatic carbocycles. The Labute approximate surface area is 91.1 Å². The lowest BCUT2D eigenvalue weighted by Crippen LogP contribution is -2.44. The Balaban J connectivity index is 1.76. The number of nitrogens with two attached hydrogens (primary N) is 1. The molecule has 0 aliphatic heterocycles. The van der Waals surface area contributed by atoms with Gasteiger partial charge < -0.3 is 11.1 Å². The first-order valence-corrected chi connectivity index (χ1v) is 5.91. The maximum Gasteiger partial charge on any atom is 0.222 e. The summed E-state index contributed by atoms with van der Waals surface area (Å²) >= 11 is 0. The Kier molecular flexibility index (Phi) is 3.10. The zero-order chi connectivity index (χ0) is 10.7. The van der Waals surface area contributed by atoms with Gasteiger partial charge in [-0.2, -0.15) is 0 Å². The third kappa shape index (κ3) is 2.81. The number of carbonyl (C=O) groups excluding carboxylic acids is 1.